The molecule has 2 rings (SSSR count). The topological polar surface area (TPSA) is 41.6 Å². The average Bonchev–Trinajstić information content (AvgIpc) is 2.61. The summed E-state index contributed by atoms with van der Waals surface area (Å²) in [6, 6.07) is 6.86. The Hall–Kier alpha value is -1.26. The van der Waals surface area contributed by atoms with Gasteiger partial charge in [0.05, 0.1) is 12.1 Å². The molecule has 17 heavy (non-hydrogen) atoms. The second-order valence-electron chi connectivity index (χ2n) is 4.66. The van der Waals surface area contributed by atoms with Crippen molar-refractivity contribution < 1.29 is 9.53 Å². The lowest BCUT2D eigenvalue weighted by Crippen LogP contribution is -2.46. The molecule has 4 nitrogen and oxygen atoms in total. The molecule has 0 bridgehead atoms. The number of benzene rings is 1. The lowest BCUT2D eigenvalue weighted by atomic mass is 10.1. The zero-order valence-electron chi connectivity index (χ0n) is 9.87. The number of carbonyl (C=O) groups excluding carboxylic acids is 1. The van der Waals surface area contributed by atoms with Gasteiger partial charge in [0.15, 0.2) is 0 Å². The van der Waals surface area contributed by atoms with Crippen LogP contribution in [0, 0.1) is 0 Å². The molecule has 1 aliphatic rings. The number of halogens is 1. The van der Waals surface area contributed by atoms with E-state index in [0.717, 1.165) is 5.69 Å². The zero-order valence-corrected chi connectivity index (χ0v) is 10.6. The average molecular weight is 255 g/mol. The van der Waals surface area contributed by atoms with E-state index >= 15 is 0 Å². The summed E-state index contributed by atoms with van der Waals surface area (Å²) in [6.45, 7) is 4.83. The van der Waals surface area contributed by atoms with E-state index in [2.05, 4.69) is 5.32 Å². The second-order valence-corrected chi connectivity index (χ2v) is 5.09. The van der Waals surface area contributed by atoms with E-state index in [1.807, 2.05) is 13.8 Å². The molecule has 1 heterocycles. The number of rotatable bonds is 1. The van der Waals surface area contributed by atoms with Gasteiger partial charge in [-0.3, -0.25) is 4.90 Å². The van der Waals surface area contributed by atoms with Gasteiger partial charge in [-0.25, -0.2) is 4.79 Å². The van der Waals surface area contributed by atoms with E-state index < -0.39 is 0 Å². The summed E-state index contributed by atoms with van der Waals surface area (Å²) in [5.74, 6) is 0. The maximum absolute atomic E-state index is 12.0. The molecule has 1 aliphatic heterocycles. The fraction of sp³-hybridized carbons (Fsp3) is 0.417. The highest BCUT2D eigenvalue weighted by Crippen LogP contribution is 2.22. The summed E-state index contributed by atoms with van der Waals surface area (Å²) in [5.41, 5.74) is 0.457. The van der Waals surface area contributed by atoms with Crippen LogP contribution in [0.3, 0.4) is 0 Å². The van der Waals surface area contributed by atoms with Crippen LogP contribution in [0.5, 0.6) is 0 Å². The number of carbonyl (C=O) groups is 1. The minimum absolute atomic E-state index is 0.158. The Morgan fingerprint density at radius 1 is 1.41 bits per heavy atom. The lowest BCUT2D eigenvalue weighted by molar-refractivity contribution is 0.147. The van der Waals surface area contributed by atoms with E-state index in [1.54, 1.807) is 29.2 Å². The number of hydrogen-bond donors (Lipinski definition) is 1. The van der Waals surface area contributed by atoms with Gasteiger partial charge in [-0.1, -0.05) is 11.6 Å². The summed E-state index contributed by atoms with van der Waals surface area (Å²) in [4.78, 5) is 13.7. The molecule has 0 aromatic heterocycles. The van der Waals surface area contributed by atoms with Gasteiger partial charge in [-0.05, 0) is 38.1 Å². The molecule has 0 radical (unpaired) electrons. The van der Waals surface area contributed by atoms with Gasteiger partial charge < -0.3 is 10.1 Å². The molecule has 92 valence electrons. The first-order valence-corrected chi connectivity index (χ1v) is 5.79. The molecule has 1 fully saturated rings. The monoisotopic (exact) mass is 254 g/mol. The Morgan fingerprint density at radius 2 is 2.06 bits per heavy atom. The Morgan fingerprint density at radius 3 is 2.59 bits per heavy atom. The largest absolute Gasteiger partial charge is 0.359 e. The van der Waals surface area contributed by atoms with Crippen LogP contribution >= 0.6 is 11.6 Å². The van der Waals surface area contributed by atoms with Crippen LogP contribution in [0.25, 0.3) is 0 Å². The molecule has 0 aliphatic carbocycles. The van der Waals surface area contributed by atoms with Crippen LogP contribution in [-0.2, 0) is 4.74 Å². The fourth-order valence-corrected chi connectivity index (χ4v) is 1.82. The van der Waals surface area contributed by atoms with Crippen LogP contribution in [0.15, 0.2) is 24.3 Å². The standard InChI is InChI=1S/C12H15ClN2O2/c1-12(2)7-17-8-15(12)11(16)14-10-5-3-9(13)4-6-10/h3-6H,7-8H2,1-2H3,(H,14,16). The number of amides is 2. The van der Waals surface area contributed by atoms with Crippen molar-refractivity contribution in [1.29, 1.82) is 0 Å². The van der Waals surface area contributed by atoms with E-state index in [4.69, 9.17) is 16.3 Å². The molecular weight excluding hydrogens is 240 g/mol. The Labute approximate surface area is 106 Å². The highest BCUT2D eigenvalue weighted by atomic mass is 35.5. The second kappa shape index (κ2) is 4.55. The first kappa shape index (κ1) is 12.2. The Bertz CT molecular complexity index is 417. The lowest BCUT2D eigenvalue weighted by Gasteiger charge is -2.29. The van der Waals surface area contributed by atoms with Crippen LogP contribution < -0.4 is 5.32 Å². The maximum atomic E-state index is 12.0. The number of nitrogens with zero attached hydrogens (tertiary/aromatic N) is 1. The van der Waals surface area contributed by atoms with E-state index in [9.17, 15) is 4.79 Å². The highest BCUT2D eigenvalue weighted by molar-refractivity contribution is 6.30. The van der Waals surface area contributed by atoms with Gasteiger partial charge in [-0.2, -0.15) is 0 Å². The van der Waals surface area contributed by atoms with Gasteiger partial charge in [0.25, 0.3) is 0 Å². The summed E-state index contributed by atoms with van der Waals surface area (Å²) in [5, 5.41) is 3.46. The molecule has 2 amide bonds. The Kier molecular flexibility index (Phi) is 3.26. The third-order valence-electron chi connectivity index (χ3n) is 2.75. The van der Waals surface area contributed by atoms with Crippen LogP contribution in [0.2, 0.25) is 5.02 Å². The number of ether oxygens (including phenoxy) is 1. The molecule has 0 atom stereocenters. The maximum Gasteiger partial charge on any atom is 0.324 e. The van der Waals surface area contributed by atoms with Crippen molar-refractivity contribution >= 4 is 23.3 Å². The zero-order chi connectivity index (χ0) is 12.5. The fourth-order valence-electron chi connectivity index (χ4n) is 1.70. The normalized spacial score (nSPS) is 18.2. The highest BCUT2D eigenvalue weighted by Gasteiger charge is 2.36. The molecule has 0 spiro atoms. The first-order chi connectivity index (χ1) is 7.99. The van der Waals surface area contributed by atoms with Gasteiger partial charge >= 0.3 is 6.03 Å². The summed E-state index contributed by atoms with van der Waals surface area (Å²) in [7, 11) is 0. The van der Waals surface area contributed by atoms with E-state index in [1.165, 1.54) is 0 Å². The molecule has 1 aromatic carbocycles. The first-order valence-electron chi connectivity index (χ1n) is 5.41. The minimum Gasteiger partial charge on any atom is -0.359 e. The molecule has 1 saturated heterocycles. The predicted molar refractivity (Wildman–Crippen MR) is 67.2 cm³/mol. The molecule has 0 unspecified atom stereocenters. The van der Waals surface area contributed by atoms with Crippen LogP contribution in [0.4, 0.5) is 10.5 Å². The number of nitrogens with one attached hydrogen (secondary N) is 1. The molecule has 1 N–H and O–H groups in total. The number of hydrogen-bond acceptors (Lipinski definition) is 2. The van der Waals surface area contributed by atoms with Crippen molar-refractivity contribution in [3.8, 4) is 0 Å². The summed E-state index contributed by atoms with van der Waals surface area (Å²) >= 11 is 5.78. The van der Waals surface area contributed by atoms with E-state index in [0.29, 0.717) is 18.4 Å². The third kappa shape index (κ3) is 2.70. The van der Waals surface area contributed by atoms with E-state index in [-0.39, 0.29) is 11.6 Å². The summed E-state index contributed by atoms with van der Waals surface area (Å²) < 4.78 is 5.29. The van der Waals surface area contributed by atoms with Gasteiger partial charge in [0.1, 0.15) is 6.73 Å². The quantitative estimate of drug-likeness (QED) is 0.837. The predicted octanol–water partition coefficient (Wildman–Crippen LogP) is 2.94. The van der Waals surface area contributed by atoms with Gasteiger partial charge in [-0.15, -0.1) is 0 Å². The molecule has 5 heteroatoms. The molecular formula is C12H15ClN2O2. The summed E-state index contributed by atoms with van der Waals surface area (Å²) in [6.07, 6.45) is 0. The van der Waals surface area contributed by atoms with Gasteiger partial charge in [0.2, 0.25) is 0 Å². The Balaban J connectivity index is 2.04. The number of urea groups is 1. The number of anilines is 1. The smallest absolute Gasteiger partial charge is 0.324 e. The van der Waals surface area contributed by atoms with Crippen LogP contribution in [-0.4, -0.2) is 29.8 Å². The third-order valence-corrected chi connectivity index (χ3v) is 3.00. The minimum atomic E-state index is -0.267. The van der Waals surface area contributed by atoms with Crippen molar-refractivity contribution in [1.82, 2.24) is 4.90 Å². The van der Waals surface area contributed by atoms with Crippen molar-refractivity contribution in [3.63, 3.8) is 0 Å². The molecule has 1 aromatic rings. The van der Waals surface area contributed by atoms with Crippen LogP contribution in [0.1, 0.15) is 13.8 Å². The van der Waals surface area contributed by atoms with Crippen molar-refractivity contribution in [2.75, 3.05) is 18.7 Å². The SMILES string of the molecule is CC1(C)COCN1C(=O)Nc1ccc(Cl)cc1. The van der Waals surface area contributed by atoms with Crippen molar-refractivity contribution in [2.24, 2.45) is 0 Å². The van der Waals surface area contributed by atoms with Crippen molar-refractivity contribution in [2.45, 2.75) is 19.4 Å². The molecule has 0 saturated carbocycles. The van der Waals surface area contributed by atoms with Crippen molar-refractivity contribution in [3.05, 3.63) is 29.3 Å². The van der Waals surface area contributed by atoms with Gasteiger partial charge in [0, 0.05) is 10.7 Å².